The lowest BCUT2D eigenvalue weighted by molar-refractivity contribution is -0.385. The Morgan fingerprint density at radius 3 is 2.82 bits per heavy atom. The van der Waals surface area contributed by atoms with Crippen LogP contribution in [0.25, 0.3) is 0 Å². The predicted molar refractivity (Wildman–Crippen MR) is 62.8 cm³/mol. The summed E-state index contributed by atoms with van der Waals surface area (Å²) in [4.78, 5) is 10.1. The lowest BCUT2D eigenvalue weighted by atomic mass is 10.2. The largest absolute Gasteiger partial charge is 0.493 e. The normalized spacial score (nSPS) is 9.65. The smallest absolute Gasteiger partial charge is 0.290 e. The van der Waals surface area contributed by atoms with E-state index in [0.29, 0.717) is 12.4 Å². The molecule has 0 saturated heterocycles. The third-order valence-corrected chi connectivity index (χ3v) is 2.30. The van der Waals surface area contributed by atoms with E-state index in [1.165, 1.54) is 12.1 Å². The van der Waals surface area contributed by atoms with Crippen molar-refractivity contribution in [2.45, 2.75) is 26.2 Å². The molecule has 90 valence electrons. The van der Waals surface area contributed by atoms with Crippen LogP contribution in [0.4, 0.5) is 5.69 Å². The van der Waals surface area contributed by atoms with Crippen LogP contribution in [0, 0.1) is 21.4 Å². The SMILES string of the molecule is CCCCCOc1ccc(C#N)c([N+](=O)[O-])c1. The van der Waals surface area contributed by atoms with Crippen molar-refractivity contribution in [1.82, 2.24) is 0 Å². The molecule has 0 spiro atoms. The van der Waals surface area contributed by atoms with Gasteiger partial charge >= 0.3 is 0 Å². The van der Waals surface area contributed by atoms with Gasteiger partial charge in [0.2, 0.25) is 0 Å². The molecule has 0 aromatic heterocycles. The highest BCUT2D eigenvalue weighted by Gasteiger charge is 2.14. The summed E-state index contributed by atoms with van der Waals surface area (Å²) in [5, 5.41) is 19.4. The van der Waals surface area contributed by atoms with E-state index in [9.17, 15) is 10.1 Å². The van der Waals surface area contributed by atoms with Crippen molar-refractivity contribution < 1.29 is 9.66 Å². The summed E-state index contributed by atoms with van der Waals surface area (Å²) in [5.41, 5.74) is -0.156. The van der Waals surface area contributed by atoms with Crippen molar-refractivity contribution in [2.75, 3.05) is 6.61 Å². The number of unbranched alkanes of at least 4 members (excludes halogenated alkanes) is 2. The van der Waals surface area contributed by atoms with Gasteiger partial charge < -0.3 is 4.74 Å². The number of nitriles is 1. The number of nitro benzene ring substituents is 1. The molecule has 0 atom stereocenters. The standard InChI is InChI=1S/C12H14N2O3/c1-2-3-4-7-17-11-6-5-10(9-13)12(8-11)14(15)16/h5-6,8H,2-4,7H2,1H3. The predicted octanol–water partition coefficient (Wildman–Crippen LogP) is 3.04. The Morgan fingerprint density at radius 2 is 2.24 bits per heavy atom. The van der Waals surface area contributed by atoms with Gasteiger partial charge in [0, 0.05) is 0 Å². The van der Waals surface area contributed by atoms with Crippen molar-refractivity contribution in [3.05, 3.63) is 33.9 Å². The van der Waals surface area contributed by atoms with Crippen molar-refractivity contribution in [3.8, 4) is 11.8 Å². The molecule has 0 bridgehead atoms. The molecule has 0 radical (unpaired) electrons. The van der Waals surface area contributed by atoms with E-state index in [0.717, 1.165) is 19.3 Å². The second kappa shape index (κ2) is 6.48. The van der Waals surface area contributed by atoms with Crippen LogP contribution in [0.2, 0.25) is 0 Å². The third-order valence-electron chi connectivity index (χ3n) is 2.30. The number of nitro groups is 1. The fraction of sp³-hybridized carbons (Fsp3) is 0.417. The van der Waals surface area contributed by atoms with Crippen LogP contribution in [-0.2, 0) is 0 Å². The van der Waals surface area contributed by atoms with Crippen LogP contribution < -0.4 is 4.74 Å². The molecule has 0 aliphatic heterocycles. The molecular weight excluding hydrogens is 220 g/mol. The van der Waals surface area contributed by atoms with Crippen LogP contribution in [0.15, 0.2) is 18.2 Å². The molecule has 1 rings (SSSR count). The van der Waals surface area contributed by atoms with Crippen molar-refractivity contribution >= 4 is 5.69 Å². The molecule has 0 fully saturated rings. The van der Waals surface area contributed by atoms with Crippen LogP contribution in [-0.4, -0.2) is 11.5 Å². The topological polar surface area (TPSA) is 76.2 Å². The minimum atomic E-state index is -0.572. The zero-order valence-electron chi connectivity index (χ0n) is 9.68. The van der Waals surface area contributed by atoms with E-state index in [1.54, 1.807) is 12.1 Å². The maximum absolute atomic E-state index is 10.7. The molecular formula is C12H14N2O3. The maximum Gasteiger partial charge on any atom is 0.290 e. The molecule has 1 aromatic carbocycles. The summed E-state index contributed by atoms with van der Waals surface area (Å²) in [5.74, 6) is 0.437. The van der Waals surface area contributed by atoms with E-state index in [4.69, 9.17) is 10.00 Å². The fourth-order valence-corrected chi connectivity index (χ4v) is 1.39. The fourth-order valence-electron chi connectivity index (χ4n) is 1.39. The molecule has 0 aliphatic carbocycles. The van der Waals surface area contributed by atoms with Gasteiger partial charge in [-0.2, -0.15) is 5.26 Å². The zero-order valence-corrected chi connectivity index (χ0v) is 9.68. The van der Waals surface area contributed by atoms with Gasteiger partial charge in [0.15, 0.2) is 0 Å². The van der Waals surface area contributed by atoms with Gasteiger partial charge in [-0.25, -0.2) is 0 Å². The first kappa shape index (κ1) is 13.0. The number of ether oxygens (including phenoxy) is 1. The average molecular weight is 234 g/mol. The second-order valence-electron chi connectivity index (χ2n) is 3.60. The second-order valence-corrected chi connectivity index (χ2v) is 3.60. The minimum absolute atomic E-state index is 0.0518. The Bertz CT molecular complexity index is 438. The Labute approximate surface area is 99.8 Å². The summed E-state index contributed by atoms with van der Waals surface area (Å²) in [6.45, 7) is 2.63. The monoisotopic (exact) mass is 234 g/mol. The van der Waals surface area contributed by atoms with Gasteiger partial charge in [0.1, 0.15) is 17.4 Å². The van der Waals surface area contributed by atoms with Gasteiger partial charge in [0.05, 0.1) is 17.6 Å². The summed E-state index contributed by atoms with van der Waals surface area (Å²) in [7, 11) is 0. The first-order chi connectivity index (χ1) is 8.19. The Balaban J connectivity index is 2.72. The minimum Gasteiger partial charge on any atom is -0.493 e. The summed E-state index contributed by atoms with van der Waals surface area (Å²) >= 11 is 0. The van der Waals surface area contributed by atoms with Crippen LogP contribution in [0.1, 0.15) is 31.7 Å². The average Bonchev–Trinajstić information content (AvgIpc) is 2.34. The number of benzene rings is 1. The Morgan fingerprint density at radius 1 is 1.47 bits per heavy atom. The van der Waals surface area contributed by atoms with Gasteiger partial charge in [0.25, 0.3) is 5.69 Å². The van der Waals surface area contributed by atoms with Crippen LogP contribution in [0.3, 0.4) is 0 Å². The van der Waals surface area contributed by atoms with Gasteiger partial charge in [-0.3, -0.25) is 10.1 Å². The number of rotatable bonds is 6. The Hall–Kier alpha value is -2.09. The molecule has 0 aliphatic rings. The molecule has 1 aromatic rings. The number of hydrogen-bond acceptors (Lipinski definition) is 4. The third kappa shape index (κ3) is 3.76. The van der Waals surface area contributed by atoms with E-state index in [1.807, 2.05) is 0 Å². The molecule has 5 nitrogen and oxygen atoms in total. The number of hydrogen-bond donors (Lipinski definition) is 0. The Kier molecular flexibility index (Phi) is 4.95. The van der Waals surface area contributed by atoms with E-state index < -0.39 is 4.92 Å². The molecule has 17 heavy (non-hydrogen) atoms. The lowest BCUT2D eigenvalue weighted by Crippen LogP contribution is -1.99. The number of nitrogens with zero attached hydrogens (tertiary/aromatic N) is 2. The first-order valence-corrected chi connectivity index (χ1v) is 5.50. The molecule has 0 amide bonds. The molecule has 5 heteroatoms. The highest BCUT2D eigenvalue weighted by molar-refractivity contribution is 5.52. The van der Waals surface area contributed by atoms with Crippen LogP contribution >= 0.6 is 0 Å². The van der Waals surface area contributed by atoms with Gasteiger partial charge in [-0.15, -0.1) is 0 Å². The molecule has 0 unspecified atom stereocenters. The first-order valence-electron chi connectivity index (χ1n) is 5.50. The highest BCUT2D eigenvalue weighted by Crippen LogP contribution is 2.24. The quantitative estimate of drug-likeness (QED) is 0.430. The van der Waals surface area contributed by atoms with E-state index >= 15 is 0 Å². The van der Waals surface area contributed by atoms with Crippen molar-refractivity contribution in [1.29, 1.82) is 5.26 Å². The molecule has 0 saturated carbocycles. The van der Waals surface area contributed by atoms with Crippen molar-refractivity contribution in [3.63, 3.8) is 0 Å². The maximum atomic E-state index is 10.7. The highest BCUT2D eigenvalue weighted by atomic mass is 16.6. The summed E-state index contributed by atoms with van der Waals surface area (Å²) in [6, 6.07) is 6.07. The van der Waals surface area contributed by atoms with Gasteiger partial charge in [-0.1, -0.05) is 19.8 Å². The lowest BCUT2D eigenvalue weighted by Gasteiger charge is -2.05. The van der Waals surface area contributed by atoms with Crippen molar-refractivity contribution in [2.24, 2.45) is 0 Å². The summed E-state index contributed by atoms with van der Waals surface area (Å²) in [6.07, 6.45) is 3.08. The van der Waals surface area contributed by atoms with Crippen LogP contribution in [0.5, 0.6) is 5.75 Å². The van der Waals surface area contributed by atoms with E-state index in [2.05, 4.69) is 6.92 Å². The zero-order chi connectivity index (χ0) is 12.7. The van der Waals surface area contributed by atoms with Gasteiger partial charge in [-0.05, 0) is 18.6 Å². The summed E-state index contributed by atoms with van der Waals surface area (Å²) < 4.78 is 5.38. The molecule has 0 N–H and O–H groups in total. The van der Waals surface area contributed by atoms with E-state index in [-0.39, 0.29) is 11.3 Å². The molecule has 0 heterocycles.